The normalized spacial score (nSPS) is 11.5. The van der Waals surface area contributed by atoms with Crippen LogP contribution in [-0.4, -0.2) is 37.6 Å². The minimum atomic E-state index is -0.0977. The molecule has 5 rings (SSSR count). The van der Waals surface area contributed by atoms with Crippen molar-refractivity contribution in [2.45, 2.75) is 13.3 Å². The van der Waals surface area contributed by atoms with Crippen molar-refractivity contribution in [1.29, 1.82) is 0 Å². The number of para-hydroxylation sites is 1. The lowest BCUT2D eigenvalue weighted by Crippen LogP contribution is -2.12. The summed E-state index contributed by atoms with van der Waals surface area (Å²) < 4.78 is 5.17. The molecule has 1 aromatic heterocycles. The Morgan fingerprint density at radius 2 is 1.50 bits per heavy atom. The second kappa shape index (κ2) is 12.4. The Labute approximate surface area is 219 Å². The van der Waals surface area contributed by atoms with E-state index in [1.54, 1.807) is 13.2 Å². The maximum Gasteiger partial charge on any atom is 0.248 e. The third-order valence-electron chi connectivity index (χ3n) is 6.14. The van der Waals surface area contributed by atoms with Gasteiger partial charge in [-0.1, -0.05) is 78.9 Å². The number of nitrogens with zero attached hydrogens (tertiary/aromatic N) is 1. The largest absolute Gasteiger partial charge is 0.495 e. The van der Waals surface area contributed by atoms with Crippen molar-refractivity contribution in [3.05, 3.63) is 117 Å². The molecule has 0 amide bonds. The summed E-state index contributed by atoms with van der Waals surface area (Å²) in [5.74, 6) is 0.698. The number of pyridine rings is 1. The average molecular weight is 501 g/mol. The van der Waals surface area contributed by atoms with Gasteiger partial charge in [-0.2, -0.15) is 0 Å². The van der Waals surface area contributed by atoms with E-state index in [9.17, 15) is 4.79 Å². The third-order valence-corrected chi connectivity index (χ3v) is 6.14. The highest BCUT2D eigenvalue weighted by Crippen LogP contribution is 2.33. The fourth-order valence-corrected chi connectivity index (χ4v) is 4.38. The van der Waals surface area contributed by atoms with E-state index in [1.807, 2.05) is 25.1 Å². The van der Waals surface area contributed by atoms with Crippen LogP contribution in [0.4, 0.5) is 0 Å². The van der Waals surface area contributed by atoms with E-state index < -0.39 is 0 Å². The number of benzene rings is 3. The molecule has 1 N–H and O–H groups in total. The van der Waals surface area contributed by atoms with Crippen LogP contribution in [0, 0.1) is 6.92 Å². The first-order valence-corrected chi connectivity index (χ1v) is 11.9. The number of nitrogens with one attached hydrogen (secondary N) is 1. The Morgan fingerprint density at radius 3 is 2.08 bits per heavy atom. The van der Waals surface area contributed by atoms with Gasteiger partial charge in [0.15, 0.2) is 0 Å². The molecule has 186 valence electrons. The molecule has 1 aliphatic carbocycles. The van der Waals surface area contributed by atoms with Crippen molar-refractivity contribution in [1.82, 2.24) is 9.88 Å². The predicted molar refractivity (Wildman–Crippen MR) is 155 cm³/mol. The molecule has 3 aromatic carbocycles. The van der Waals surface area contributed by atoms with Crippen molar-refractivity contribution in [3.8, 4) is 5.75 Å². The fourth-order valence-electron chi connectivity index (χ4n) is 4.38. The van der Waals surface area contributed by atoms with Crippen LogP contribution in [0.3, 0.4) is 0 Å². The second-order valence-electron chi connectivity index (χ2n) is 8.92. The molecule has 1 aliphatic rings. The van der Waals surface area contributed by atoms with Gasteiger partial charge in [0.1, 0.15) is 5.75 Å². The zero-order valence-electron chi connectivity index (χ0n) is 21.2. The molecule has 0 spiro atoms. The van der Waals surface area contributed by atoms with Gasteiger partial charge in [-0.05, 0) is 66.9 Å². The van der Waals surface area contributed by atoms with Gasteiger partial charge in [0, 0.05) is 18.0 Å². The number of aromatic amines is 1. The zero-order valence-corrected chi connectivity index (χ0v) is 22.1. The van der Waals surface area contributed by atoms with Crippen LogP contribution >= 0.6 is 12.4 Å². The predicted octanol–water partition coefficient (Wildman–Crippen LogP) is 6.82. The lowest BCUT2D eigenvalue weighted by molar-refractivity contribution is 0.417. The first kappa shape index (κ1) is 27.0. The summed E-state index contributed by atoms with van der Waals surface area (Å²) in [5.41, 5.74) is 8.24. The van der Waals surface area contributed by atoms with Crippen LogP contribution < -0.4 is 10.3 Å². The van der Waals surface area contributed by atoms with Crippen LogP contribution in [0.2, 0.25) is 0 Å². The summed E-state index contributed by atoms with van der Waals surface area (Å²) in [6.07, 6.45) is 7.89. The number of hydrogen-bond donors (Lipinski definition) is 1. The molecule has 4 nitrogen and oxygen atoms in total. The molecule has 0 bridgehead atoms. The molecule has 0 fully saturated rings. The molecule has 0 aliphatic heterocycles. The molecule has 5 heteroatoms. The Bertz CT molecular complexity index is 1400. The summed E-state index contributed by atoms with van der Waals surface area (Å²) in [7, 11) is 5.83. The molecular weight excluding hydrogens is 468 g/mol. The number of ether oxygens (including phenoxy) is 1. The van der Waals surface area contributed by atoms with Gasteiger partial charge < -0.3 is 14.6 Å². The van der Waals surface area contributed by atoms with E-state index in [0.29, 0.717) is 5.75 Å². The molecule has 36 heavy (non-hydrogen) atoms. The standard InChI is InChI=1S/C20H21N.C11H11NO2.ClH/c1-21(2)15-7-12-20-18-10-5-3-8-16(18)13-14-17-9-4-6-11-19(17)20;1-7-6-10(13)12-11-8(7)4-3-5-9(11)14-2;/h3-6,8-14H,7,15H2,1-2H3;3-6H,1-2H3,(H,12,13);1H. The summed E-state index contributed by atoms with van der Waals surface area (Å²) in [5, 5.41) is 1.02. The number of methoxy groups -OCH3 is 1. The fraction of sp³-hybridized carbons (Fsp3) is 0.194. The van der Waals surface area contributed by atoms with Gasteiger partial charge in [-0.15, -0.1) is 12.4 Å². The van der Waals surface area contributed by atoms with E-state index in [4.69, 9.17) is 4.74 Å². The van der Waals surface area contributed by atoms with Crippen molar-refractivity contribution in [2.75, 3.05) is 27.7 Å². The van der Waals surface area contributed by atoms with Crippen molar-refractivity contribution >= 4 is 41.0 Å². The van der Waals surface area contributed by atoms with E-state index in [0.717, 1.165) is 29.4 Å². The monoisotopic (exact) mass is 500 g/mol. The van der Waals surface area contributed by atoms with Gasteiger partial charge in [0.25, 0.3) is 0 Å². The Hall–Kier alpha value is -3.60. The van der Waals surface area contributed by atoms with Crippen molar-refractivity contribution in [2.24, 2.45) is 0 Å². The van der Waals surface area contributed by atoms with Crippen molar-refractivity contribution in [3.63, 3.8) is 0 Å². The Morgan fingerprint density at radius 1 is 0.889 bits per heavy atom. The maximum absolute atomic E-state index is 11.3. The smallest absolute Gasteiger partial charge is 0.248 e. The number of fused-ring (bicyclic) bond motifs is 3. The highest BCUT2D eigenvalue weighted by atomic mass is 35.5. The van der Waals surface area contributed by atoms with Gasteiger partial charge in [-0.3, -0.25) is 4.79 Å². The number of hydrogen-bond acceptors (Lipinski definition) is 3. The molecule has 0 radical (unpaired) electrons. The number of halogens is 1. The highest BCUT2D eigenvalue weighted by molar-refractivity contribution is 5.93. The molecule has 0 atom stereocenters. The molecule has 0 saturated carbocycles. The van der Waals surface area contributed by atoms with Crippen molar-refractivity contribution < 1.29 is 4.74 Å². The van der Waals surface area contributed by atoms with Crippen LogP contribution in [0.1, 0.15) is 34.2 Å². The Balaban J connectivity index is 0.000000210. The molecule has 0 unspecified atom stereocenters. The number of aromatic nitrogens is 1. The number of rotatable bonds is 4. The van der Waals surface area contributed by atoms with Gasteiger partial charge in [-0.25, -0.2) is 0 Å². The first-order valence-electron chi connectivity index (χ1n) is 11.9. The number of H-pyrrole nitrogens is 1. The van der Waals surface area contributed by atoms with Crippen LogP contribution in [0.5, 0.6) is 5.75 Å². The van der Waals surface area contributed by atoms with Crippen LogP contribution in [-0.2, 0) is 0 Å². The molecule has 0 saturated heterocycles. The third kappa shape index (κ3) is 6.14. The summed E-state index contributed by atoms with van der Waals surface area (Å²) in [6, 6.07) is 24.6. The highest BCUT2D eigenvalue weighted by Gasteiger charge is 2.13. The zero-order chi connectivity index (χ0) is 24.8. The number of aryl methyl sites for hydroxylation is 1. The lowest BCUT2D eigenvalue weighted by atomic mass is 9.93. The second-order valence-corrected chi connectivity index (χ2v) is 8.92. The van der Waals surface area contributed by atoms with E-state index in [2.05, 4.69) is 90.7 Å². The maximum atomic E-state index is 11.3. The summed E-state index contributed by atoms with van der Waals surface area (Å²) >= 11 is 0. The quantitative estimate of drug-likeness (QED) is 0.294. The average Bonchev–Trinajstić information content (AvgIpc) is 3.01. The van der Waals surface area contributed by atoms with Crippen LogP contribution in [0.25, 0.3) is 28.6 Å². The van der Waals surface area contributed by atoms with Gasteiger partial charge in [0.05, 0.1) is 12.6 Å². The van der Waals surface area contributed by atoms with E-state index in [1.165, 1.54) is 27.8 Å². The topological polar surface area (TPSA) is 45.3 Å². The van der Waals surface area contributed by atoms with E-state index in [-0.39, 0.29) is 18.0 Å². The van der Waals surface area contributed by atoms with Crippen LogP contribution in [0.15, 0.2) is 83.7 Å². The first-order chi connectivity index (χ1) is 17.0. The molecule has 4 aromatic rings. The minimum absolute atomic E-state index is 0. The molecular formula is C31H33ClN2O2. The molecule has 1 heterocycles. The van der Waals surface area contributed by atoms with Gasteiger partial charge >= 0.3 is 0 Å². The van der Waals surface area contributed by atoms with E-state index >= 15 is 0 Å². The van der Waals surface area contributed by atoms with Gasteiger partial charge in [0.2, 0.25) is 5.56 Å². The lowest BCUT2D eigenvalue weighted by Gasteiger charge is -2.13. The SMILES string of the molecule is CN(C)CCC=C1c2ccccc2C=Cc2ccccc21.COc1cccc2c(C)cc(=O)[nH]c12.Cl. The Kier molecular flexibility index (Phi) is 9.29. The summed E-state index contributed by atoms with van der Waals surface area (Å²) in [6.45, 7) is 2.98. The summed E-state index contributed by atoms with van der Waals surface area (Å²) in [4.78, 5) is 16.3. The minimum Gasteiger partial charge on any atom is -0.495 e.